The number of hydrogen-bond acceptors (Lipinski definition) is 3. The molecule has 3 rings (SSSR count). The van der Waals surface area contributed by atoms with E-state index in [9.17, 15) is 4.79 Å². The van der Waals surface area contributed by atoms with Crippen LogP contribution in [-0.4, -0.2) is 14.5 Å². The van der Waals surface area contributed by atoms with Crippen molar-refractivity contribution in [3.05, 3.63) is 52.4 Å². The monoisotopic (exact) mass is 250 g/mol. The average Bonchev–Trinajstić information content (AvgIpc) is 2.76. The van der Waals surface area contributed by atoms with Gasteiger partial charge >= 0.3 is 0 Å². The summed E-state index contributed by atoms with van der Waals surface area (Å²) in [7, 11) is 1.87. The van der Waals surface area contributed by atoms with Crippen LogP contribution in [0.2, 0.25) is 0 Å². The molecule has 0 aliphatic carbocycles. The number of aryl methyl sites for hydroxylation is 1. The van der Waals surface area contributed by atoms with Crippen molar-refractivity contribution < 1.29 is 0 Å². The second-order valence-electron chi connectivity index (χ2n) is 4.25. The van der Waals surface area contributed by atoms with Crippen LogP contribution in [0.25, 0.3) is 22.4 Å². The molecule has 92 valence electrons. The number of aromatic nitrogens is 3. The molecule has 0 radical (unpaired) electrons. The van der Waals surface area contributed by atoms with Crippen molar-refractivity contribution in [1.82, 2.24) is 14.5 Å². The molecule has 19 heavy (non-hydrogen) atoms. The Kier molecular flexibility index (Phi) is 2.43. The molecule has 0 aliphatic rings. The second-order valence-corrected chi connectivity index (χ2v) is 4.25. The van der Waals surface area contributed by atoms with Gasteiger partial charge in [0.05, 0.1) is 22.7 Å². The summed E-state index contributed by atoms with van der Waals surface area (Å²) in [5, 5.41) is 8.92. The van der Waals surface area contributed by atoms with Gasteiger partial charge in [-0.15, -0.1) is 0 Å². The molecule has 0 aliphatic heterocycles. The summed E-state index contributed by atoms with van der Waals surface area (Å²) < 4.78 is 1.88. The van der Waals surface area contributed by atoms with Gasteiger partial charge in [-0.05, 0) is 24.3 Å². The van der Waals surface area contributed by atoms with Crippen molar-refractivity contribution in [2.75, 3.05) is 0 Å². The smallest absolute Gasteiger partial charge is 0.248 e. The largest absolute Gasteiger partial charge is 0.329 e. The molecule has 0 atom stereocenters. The molecular weight excluding hydrogens is 240 g/mol. The lowest BCUT2D eigenvalue weighted by Gasteiger charge is -2.01. The molecule has 0 unspecified atom stereocenters. The van der Waals surface area contributed by atoms with Crippen LogP contribution in [0.1, 0.15) is 5.56 Å². The van der Waals surface area contributed by atoms with Gasteiger partial charge in [0.25, 0.3) is 0 Å². The minimum atomic E-state index is -0.165. The number of nitriles is 1. The van der Waals surface area contributed by atoms with E-state index in [4.69, 9.17) is 5.26 Å². The first-order valence-electron chi connectivity index (χ1n) is 5.75. The molecule has 2 aromatic heterocycles. The lowest BCUT2D eigenvalue weighted by Crippen LogP contribution is -2.03. The predicted molar refractivity (Wildman–Crippen MR) is 71.5 cm³/mol. The fourth-order valence-corrected chi connectivity index (χ4v) is 2.10. The first-order valence-corrected chi connectivity index (χ1v) is 5.75. The van der Waals surface area contributed by atoms with Crippen LogP contribution in [-0.2, 0) is 7.05 Å². The summed E-state index contributed by atoms with van der Waals surface area (Å²) in [4.78, 5) is 18.4. The van der Waals surface area contributed by atoms with E-state index in [0.29, 0.717) is 11.4 Å². The van der Waals surface area contributed by atoms with Crippen LogP contribution in [0.5, 0.6) is 0 Å². The SMILES string of the molecule is Cn1c(-c2cc[nH]c(=O)c2)nc2ccc(C#N)cc21. The van der Waals surface area contributed by atoms with Crippen molar-refractivity contribution in [2.24, 2.45) is 7.05 Å². The maximum Gasteiger partial charge on any atom is 0.248 e. The van der Waals surface area contributed by atoms with Crippen LogP contribution in [0.3, 0.4) is 0 Å². The maximum absolute atomic E-state index is 11.4. The zero-order valence-corrected chi connectivity index (χ0v) is 10.2. The zero-order chi connectivity index (χ0) is 13.4. The van der Waals surface area contributed by atoms with Gasteiger partial charge in [-0.25, -0.2) is 4.98 Å². The van der Waals surface area contributed by atoms with Crippen molar-refractivity contribution in [3.8, 4) is 17.5 Å². The Balaban J connectivity index is 2.29. The number of pyridine rings is 1. The van der Waals surface area contributed by atoms with Crippen LogP contribution in [0.4, 0.5) is 0 Å². The van der Waals surface area contributed by atoms with Crippen molar-refractivity contribution >= 4 is 11.0 Å². The molecule has 0 saturated carbocycles. The van der Waals surface area contributed by atoms with Crippen LogP contribution in [0.15, 0.2) is 41.3 Å². The number of hydrogen-bond donors (Lipinski definition) is 1. The van der Waals surface area contributed by atoms with Gasteiger partial charge in [0.1, 0.15) is 5.82 Å². The third-order valence-electron chi connectivity index (χ3n) is 3.04. The first-order chi connectivity index (χ1) is 9.19. The molecule has 0 amide bonds. The van der Waals surface area contributed by atoms with Crippen molar-refractivity contribution in [3.63, 3.8) is 0 Å². The molecule has 0 fully saturated rings. The number of rotatable bonds is 1. The summed E-state index contributed by atoms with van der Waals surface area (Å²) >= 11 is 0. The fourth-order valence-electron chi connectivity index (χ4n) is 2.10. The van der Waals surface area contributed by atoms with Crippen LogP contribution in [0, 0.1) is 11.3 Å². The van der Waals surface area contributed by atoms with Crippen molar-refractivity contribution in [2.45, 2.75) is 0 Å². The van der Waals surface area contributed by atoms with Gasteiger partial charge in [0.15, 0.2) is 0 Å². The number of imidazole rings is 1. The Morgan fingerprint density at radius 1 is 1.32 bits per heavy atom. The summed E-state index contributed by atoms with van der Waals surface area (Å²) in [6.07, 6.45) is 1.59. The molecular formula is C14H10N4O. The quantitative estimate of drug-likeness (QED) is 0.715. The maximum atomic E-state index is 11.4. The summed E-state index contributed by atoms with van der Waals surface area (Å²) in [6.45, 7) is 0. The Hall–Kier alpha value is -2.87. The Morgan fingerprint density at radius 3 is 2.89 bits per heavy atom. The molecule has 5 nitrogen and oxygen atoms in total. The summed E-state index contributed by atoms with van der Waals surface area (Å²) in [6, 6.07) is 10.7. The van der Waals surface area contributed by atoms with Gasteiger partial charge in [0, 0.05) is 24.9 Å². The molecule has 1 N–H and O–H groups in total. The highest BCUT2D eigenvalue weighted by Crippen LogP contribution is 2.23. The Labute approximate surface area is 108 Å². The van der Waals surface area contributed by atoms with E-state index in [0.717, 1.165) is 16.6 Å². The first kappa shape index (κ1) is 11.2. The van der Waals surface area contributed by atoms with E-state index in [-0.39, 0.29) is 5.56 Å². The van der Waals surface area contributed by atoms with Gasteiger partial charge in [-0.3, -0.25) is 4.79 Å². The molecule has 0 saturated heterocycles. The number of H-pyrrole nitrogens is 1. The lowest BCUT2D eigenvalue weighted by molar-refractivity contribution is 0.957. The third-order valence-corrected chi connectivity index (χ3v) is 3.04. The van der Waals surface area contributed by atoms with Crippen molar-refractivity contribution in [1.29, 1.82) is 5.26 Å². The van der Waals surface area contributed by atoms with Gasteiger partial charge in [-0.2, -0.15) is 5.26 Å². The number of nitrogens with zero attached hydrogens (tertiary/aromatic N) is 3. The molecule has 3 aromatic rings. The second kappa shape index (κ2) is 4.10. The average molecular weight is 250 g/mol. The van der Waals surface area contributed by atoms with Crippen LogP contribution < -0.4 is 5.56 Å². The van der Waals surface area contributed by atoms with Gasteiger partial charge < -0.3 is 9.55 Å². The molecule has 2 heterocycles. The van der Waals surface area contributed by atoms with E-state index in [2.05, 4.69) is 16.0 Å². The highest BCUT2D eigenvalue weighted by molar-refractivity contribution is 5.81. The predicted octanol–water partition coefficient (Wildman–Crippen LogP) is 1.80. The normalized spacial score (nSPS) is 10.5. The lowest BCUT2D eigenvalue weighted by atomic mass is 10.2. The zero-order valence-electron chi connectivity index (χ0n) is 10.2. The minimum absolute atomic E-state index is 0.165. The fraction of sp³-hybridized carbons (Fsp3) is 0.0714. The minimum Gasteiger partial charge on any atom is -0.329 e. The standard InChI is InChI=1S/C14H10N4O/c1-18-12-6-9(8-15)2-3-11(12)17-14(18)10-4-5-16-13(19)7-10/h2-7H,1H3,(H,16,19). The third kappa shape index (κ3) is 1.79. The van der Waals surface area contributed by atoms with Crippen LogP contribution >= 0.6 is 0 Å². The highest BCUT2D eigenvalue weighted by atomic mass is 16.1. The van der Waals surface area contributed by atoms with E-state index in [1.54, 1.807) is 24.4 Å². The molecule has 1 aromatic carbocycles. The van der Waals surface area contributed by atoms with E-state index < -0.39 is 0 Å². The topological polar surface area (TPSA) is 74.5 Å². The summed E-state index contributed by atoms with van der Waals surface area (Å²) in [5.41, 5.74) is 2.85. The highest BCUT2D eigenvalue weighted by Gasteiger charge is 2.10. The number of aromatic amines is 1. The number of fused-ring (bicyclic) bond motifs is 1. The van der Waals surface area contributed by atoms with E-state index in [1.807, 2.05) is 17.7 Å². The number of nitrogens with one attached hydrogen (secondary N) is 1. The Bertz CT molecular complexity index is 867. The molecule has 0 spiro atoms. The number of benzene rings is 1. The van der Waals surface area contributed by atoms with E-state index in [1.165, 1.54) is 6.07 Å². The van der Waals surface area contributed by atoms with E-state index >= 15 is 0 Å². The summed E-state index contributed by atoms with van der Waals surface area (Å²) in [5.74, 6) is 0.705. The molecule has 0 bridgehead atoms. The van der Waals surface area contributed by atoms with Gasteiger partial charge in [-0.1, -0.05) is 0 Å². The van der Waals surface area contributed by atoms with Gasteiger partial charge in [0.2, 0.25) is 5.56 Å². The Morgan fingerprint density at radius 2 is 2.16 bits per heavy atom. The molecule has 5 heteroatoms.